The number of benzene rings is 1. The third-order valence-electron chi connectivity index (χ3n) is 3.42. The Kier molecular flexibility index (Phi) is 6.54. The number of nitrogens with one attached hydrogen (secondary N) is 2. The summed E-state index contributed by atoms with van der Waals surface area (Å²) < 4.78 is 0. The van der Waals surface area contributed by atoms with Crippen LogP contribution in [0.25, 0.3) is 0 Å². The first kappa shape index (κ1) is 16.9. The lowest BCUT2D eigenvalue weighted by atomic mass is 10.1. The first-order chi connectivity index (χ1) is 11.1. The molecule has 0 saturated carbocycles. The van der Waals surface area contributed by atoms with Gasteiger partial charge in [0.05, 0.1) is 0 Å². The highest BCUT2D eigenvalue weighted by Crippen LogP contribution is 2.04. The van der Waals surface area contributed by atoms with E-state index in [-0.39, 0.29) is 5.91 Å². The van der Waals surface area contributed by atoms with Crippen LogP contribution in [0.2, 0.25) is 0 Å². The van der Waals surface area contributed by atoms with E-state index in [1.807, 2.05) is 38.1 Å². The number of aromatic nitrogens is 2. The van der Waals surface area contributed by atoms with Crippen molar-refractivity contribution in [2.75, 3.05) is 18.4 Å². The molecule has 0 fully saturated rings. The smallest absolute Gasteiger partial charge is 0.223 e. The number of nitrogens with zero attached hydrogens (tertiary/aromatic N) is 2. The second-order valence-electron chi connectivity index (χ2n) is 5.59. The summed E-state index contributed by atoms with van der Waals surface area (Å²) in [6.45, 7) is 5.26. The minimum absolute atomic E-state index is 0.0871. The van der Waals surface area contributed by atoms with Crippen molar-refractivity contribution in [3.05, 3.63) is 53.3 Å². The molecule has 1 amide bonds. The quantitative estimate of drug-likeness (QED) is 0.735. The molecular weight excluding hydrogens is 288 g/mol. The highest BCUT2D eigenvalue weighted by atomic mass is 16.1. The van der Waals surface area contributed by atoms with Crippen LogP contribution in [0.4, 0.5) is 5.95 Å². The first-order valence-electron chi connectivity index (χ1n) is 8.00. The molecule has 23 heavy (non-hydrogen) atoms. The fraction of sp³-hybridized carbons (Fsp3) is 0.389. The molecule has 1 heterocycles. The van der Waals surface area contributed by atoms with Gasteiger partial charge in [-0.15, -0.1) is 0 Å². The Morgan fingerprint density at radius 2 is 1.74 bits per heavy atom. The summed E-state index contributed by atoms with van der Waals surface area (Å²) in [4.78, 5) is 20.4. The predicted octanol–water partition coefficient (Wildman–Crippen LogP) is 2.64. The maximum atomic E-state index is 11.8. The zero-order chi connectivity index (χ0) is 16.5. The van der Waals surface area contributed by atoms with Gasteiger partial charge in [-0.1, -0.05) is 30.3 Å². The highest BCUT2D eigenvalue weighted by molar-refractivity contribution is 5.75. The van der Waals surface area contributed by atoms with Gasteiger partial charge in [0.25, 0.3) is 0 Å². The van der Waals surface area contributed by atoms with Crippen LogP contribution in [0.3, 0.4) is 0 Å². The van der Waals surface area contributed by atoms with E-state index < -0.39 is 0 Å². The zero-order valence-corrected chi connectivity index (χ0v) is 13.8. The minimum atomic E-state index is 0.0871. The van der Waals surface area contributed by atoms with E-state index in [9.17, 15) is 4.79 Å². The summed E-state index contributed by atoms with van der Waals surface area (Å²) >= 11 is 0. The average Bonchev–Trinajstić information content (AvgIpc) is 2.52. The van der Waals surface area contributed by atoms with E-state index in [4.69, 9.17) is 0 Å². The van der Waals surface area contributed by atoms with Crippen LogP contribution < -0.4 is 10.6 Å². The van der Waals surface area contributed by atoms with Gasteiger partial charge in [-0.25, -0.2) is 9.97 Å². The van der Waals surface area contributed by atoms with Gasteiger partial charge in [0.15, 0.2) is 0 Å². The standard InChI is InChI=1S/C18H24N4O/c1-14-13-15(2)22-18(21-14)20-11-6-9-17(23)19-12-10-16-7-4-3-5-8-16/h3-5,7-8,13H,6,9-12H2,1-2H3,(H,19,23)(H,20,21,22). The summed E-state index contributed by atoms with van der Waals surface area (Å²) in [6.07, 6.45) is 2.13. The monoisotopic (exact) mass is 312 g/mol. The number of carbonyl (C=O) groups is 1. The number of carbonyl (C=O) groups excluding carboxylic acids is 1. The molecule has 1 aromatic carbocycles. The number of amides is 1. The molecule has 0 atom stereocenters. The highest BCUT2D eigenvalue weighted by Gasteiger charge is 2.02. The molecule has 0 bridgehead atoms. The summed E-state index contributed by atoms with van der Waals surface area (Å²) in [7, 11) is 0. The lowest BCUT2D eigenvalue weighted by Gasteiger charge is -2.07. The molecule has 0 aliphatic heterocycles. The Hall–Kier alpha value is -2.43. The van der Waals surface area contributed by atoms with Crippen molar-refractivity contribution in [1.82, 2.24) is 15.3 Å². The molecule has 0 radical (unpaired) electrons. The van der Waals surface area contributed by atoms with Gasteiger partial charge in [0, 0.05) is 30.9 Å². The van der Waals surface area contributed by atoms with E-state index in [0.717, 1.165) is 24.2 Å². The molecule has 2 N–H and O–H groups in total. The molecule has 0 saturated heterocycles. The number of hydrogen-bond donors (Lipinski definition) is 2. The van der Waals surface area contributed by atoms with Crippen molar-refractivity contribution in [3.63, 3.8) is 0 Å². The molecule has 2 aromatic rings. The lowest BCUT2D eigenvalue weighted by molar-refractivity contribution is -0.121. The van der Waals surface area contributed by atoms with Crippen LogP contribution in [-0.2, 0) is 11.2 Å². The zero-order valence-electron chi connectivity index (χ0n) is 13.8. The van der Waals surface area contributed by atoms with Gasteiger partial charge >= 0.3 is 0 Å². The van der Waals surface area contributed by atoms with Crippen molar-refractivity contribution in [1.29, 1.82) is 0 Å². The van der Waals surface area contributed by atoms with Gasteiger partial charge in [-0.2, -0.15) is 0 Å². The summed E-state index contributed by atoms with van der Waals surface area (Å²) in [6, 6.07) is 12.1. The van der Waals surface area contributed by atoms with E-state index in [1.54, 1.807) is 0 Å². The lowest BCUT2D eigenvalue weighted by Crippen LogP contribution is -2.26. The molecule has 0 aliphatic rings. The normalized spacial score (nSPS) is 10.3. The minimum Gasteiger partial charge on any atom is -0.356 e. The molecule has 2 rings (SSSR count). The number of anilines is 1. The summed E-state index contributed by atoms with van der Waals surface area (Å²) in [5.41, 5.74) is 3.12. The van der Waals surface area contributed by atoms with Crippen molar-refractivity contribution >= 4 is 11.9 Å². The first-order valence-corrected chi connectivity index (χ1v) is 8.00. The largest absolute Gasteiger partial charge is 0.356 e. The van der Waals surface area contributed by atoms with Gasteiger partial charge in [-0.3, -0.25) is 4.79 Å². The molecule has 122 valence electrons. The molecular formula is C18H24N4O. The second kappa shape index (κ2) is 8.88. The van der Waals surface area contributed by atoms with Crippen LogP contribution >= 0.6 is 0 Å². The Morgan fingerprint density at radius 1 is 1.04 bits per heavy atom. The Labute approximate surface area is 137 Å². The maximum absolute atomic E-state index is 11.8. The number of hydrogen-bond acceptors (Lipinski definition) is 4. The van der Waals surface area contributed by atoms with Crippen molar-refractivity contribution in [2.45, 2.75) is 33.1 Å². The molecule has 1 aromatic heterocycles. The third kappa shape index (κ3) is 6.46. The fourth-order valence-electron chi connectivity index (χ4n) is 2.33. The van der Waals surface area contributed by atoms with Crippen LogP contribution in [0.15, 0.2) is 36.4 Å². The molecule has 5 heteroatoms. The Bertz CT molecular complexity index is 608. The van der Waals surface area contributed by atoms with Crippen LogP contribution in [0, 0.1) is 13.8 Å². The molecule has 5 nitrogen and oxygen atoms in total. The third-order valence-corrected chi connectivity index (χ3v) is 3.42. The van der Waals surface area contributed by atoms with Gasteiger partial charge < -0.3 is 10.6 Å². The number of rotatable bonds is 8. The second-order valence-corrected chi connectivity index (χ2v) is 5.59. The van der Waals surface area contributed by atoms with Gasteiger partial charge in [0.2, 0.25) is 11.9 Å². The van der Waals surface area contributed by atoms with E-state index in [0.29, 0.717) is 25.5 Å². The Morgan fingerprint density at radius 3 is 2.43 bits per heavy atom. The molecule has 0 aliphatic carbocycles. The van der Waals surface area contributed by atoms with Crippen LogP contribution in [0.5, 0.6) is 0 Å². The SMILES string of the molecule is Cc1cc(C)nc(NCCCC(=O)NCCc2ccccc2)n1. The maximum Gasteiger partial charge on any atom is 0.223 e. The van der Waals surface area contributed by atoms with Crippen LogP contribution in [0.1, 0.15) is 29.8 Å². The van der Waals surface area contributed by atoms with Crippen molar-refractivity contribution in [2.24, 2.45) is 0 Å². The van der Waals surface area contributed by atoms with E-state index in [1.165, 1.54) is 5.56 Å². The fourth-order valence-corrected chi connectivity index (χ4v) is 2.33. The topological polar surface area (TPSA) is 66.9 Å². The molecule has 0 unspecified atom stereocenters. The predicted molar refractivity (Wildman–Crippen MR) is 92.4 cm³/mol. The number of aryl methyl sites for hydroxylation is 2. The Balaban J connectivity index is 1.59. The summed E-state index contributed by atoms with van der Waals surface area (Å²) in [5.74, 6) is 0.719. The molecule has 0 spiro atoms. The van der Waals surface area contributed by atoms with Gasteiger partial charge in [0.1, 0.15) is 0 Å². The van der Waals surface area contributed by atoms with E-state index >= 15 is 0 Å². The van der Waals surface area contributed by atoms with Crippen LogP contribution in [-0.4, -0.2) is 29.0 Å². The average molecular weight is 312 g/mol. The van der Waals surface area contributed by atoms with E-state index in [2.05, 4.69) is 32.7 Å². The summed E-state index contributed by atoms with van der Waals surface area (Å²) in [5, 5.41) is 6.11. The van der Waals surface area contributed by atoms with Gasteiger partial charge in [-0.05, 0) is 38.3 Å². The van der Waals surface area contributed by atoms with Crippen molar-refractivity contribution < 1.29 is 4.79 Å². The van der Waals surface area contributed by atoms with Crippen molar-refractivity contribution in [3.8, 4) is 0 Å².